The molecule has 0 aliphatic carbocycles. The van der Waals surface area contributed by atoms with Crippen LogP contribution in [-0.2, 0) is 9.53 Å². The Balaban J connectivity index is 0.000000263. The lowest BCUT2D eigenvalue weighted by Crippen LogP contribution is -2.38. The molecule has 4 nitrogen and oxygen atoms in total. The summed E-state index contributed by atoms with van der Waals surface area (Å²) in [5.74, 6) is 0.933. The fourth-order valence-electron chi connectivity index (χ4n) is 3.06. The minimum absolute atomic E-state index is 0.0974. The van der Waals surface area contributed by atoms with Crippen LogP contribution in [0.4, 0.5) is 5.69 Å². The third kappa shape index (κ3) is 7.88. The average molecular weight is 364 g/mol. The van der Waals surface area contributed by atoms with E-state index in [0.29, 0.717) is 12.5 Å². The maximum Gasteiger partial charge on any atom is 0.229 e. The first kappa shape index (κ1) is 22.7. The van der Waals surface area contributed by atoms with Crippen LogP contribution in [0.15, 0.2) is 30.3 Å². The van der Waals surface area contributed by atoms with Crippen LogP contribution in [0.1, 0.15) is 60.3 Å². The summed E-state index contributed by atoms with van der Waals surface area (Å²) in [5.41, 5.74) is 0.468. The Labute approximate surface area is 159 Å². The second-order valence-electron chi connectivity index (χ2n) is 8.12. The molecule has 1 heterocycles. The molecule has 1 aromatic rings. The molecule has 148 valence electrons. The topological polar surface area (TPSA) is 49.8 Å². The normalized spacial score (nSPS) is 23.8. The molecule has 0 spiro atoms. The summed E-state index contributed by atoms with van der Waals surface area (Å²) in [6, 6.07) is 9.72. The molecule has 1 saturated heterocycles. The van der Waals surface area contributed by atoms with E-state index in [0.717, 1.165) is 31.4 Å². The quantitative estimate of drug-likeness (QED) is 0.828. The number of rotatable bonds is 5. The van der Waals surface area contributed by atoms with Crippen molar-refractivity contribution in [3.8, 4) is 0 Å². The Hall–Kier alpha value is -1.39. The van der Waals surface area contributed by atoms with Gasteiger partial charge in [0.2, 0.25) is 5.91 Å². The lowest BCUT2D eigenvalue weighted by atomic mass is 9.89. The first-order chi connectivity index (χ1) is 12.2. The predicted molar refractivity (Wildman–Crippen MR) is 108 cm³/mol. The SMILES string of the molecule is CC(C)CC1CC(C)(O)CCO1.CCC(C)C(=O)N(C)c1ccccc1. The van der Waals surface area contributed by atoms with E-state index in [1.54, 1.807) is 4.90 Å². The smallest absolute Gasteiger partial charge is 0.229 e. The third-order valence-corrected chi connectivity index (χ3v) is 4.90. The van der Waals surface area contributed by atoms with Gasteiger partial charge < -0.3 is 14.7 Å². The van der Waals surface area contributed by atoms with Gasteiger partial charge in [-0.3, -0.25) is 4.79 Å². The maximum absolute atomic E-state index is 11.8. The van der Waals surface area contributed by atoms with Crippen LogP contribution in [-0.4, -0.2) is 36.4 Å². The van der Waals surface area contributed by atoms with Gasteiger partial charge in [0, 0.05) is 31.7 Å². The first-order valence-electron chi connectivity index (χ1n) is 9.83. The summed E-state index contributed by atoms with van der Waals surface area (Å²) >= 11 is 0. The lowest BCUT2D eigenvalue weighted by Gasteiger charge is -2.34. The van der Waals surface area contributed by atoms with Gasteiger partial charge in [-0.05, 0) is 44.2 Å². The van der Waals surface area contributed by atoms with Crippen molar-refractivity contribution in [2.24, 2.45) is 11.8 Å². The van der Waals surface area contributed by atoms with Gasteiger partial charge in [-0.25, -0.2) is 0 Å². The molecule has 1 aromatic carbocycles. The second kappa shape index (κ2) is 10.7. The highest BCUT2D eigenvalue weighted by atomic mass is 16.5. The Morgan fingerprint density at radius 2 is 1.92 bits per heavy atom. The van der Waals surface area contributed by atoms with Gasteiger partial charge in [0.05, 0.1) is 11.7 Å². The third-order valence-electron chi connectivity index (χ3n) is 4.90. The van der Waals surface area contributed by atoms with Crippen LogP contribution in [0.3, 0.4) is 0 Å². The van der Waals surface area contributed by atoms with Crippen molar-refractivity contribution in [1.82, 2.24) is 0 Å². The van der Waals surface area contributed by atoms with E-state index in [4.69, 9.17) is 4.74 Å². The molecule has 4 heteroatoms. The van der Waals surface area contributed by atoms with Crippen molar-refractivity contribution in [1.29, 1.82) is 0 Å². The monoisotopic (exact) mass is 363 g/mol. The van der Waals surface area contributed by atoms with Crippen LogP contribution in [0.25, 0.3) is 0 Å². The Kier molecular flexibility index (Phi) is 9.31. The summed E-state index contributed by atoms with van der Waals surface area (Å²) in [5, 5.41) is 9.78. The maximum atomic E-state index is 11.8. The molecule has 1 fully saturated rings. The van der Waals surface area contributed by atoms with E-state index < -0.39 is 5.60 Å². The molecule has 1 amide bonds. The molecule has 1 N–H and O–H groups in total. The van der Waals surface area contributed by atoms with E-state index in [1.165, 1.54) is 0 Å². The molecule has 0 aromatic heterocycles. The van der Waals surface area contributed by atoms with Crippen LogP contribution >= 0.6 is 0 Å². The Morgan fingerprint density at radius 1 is 1.31 bits per heavy atom. The van der Waals surface area contributed by atoms with E-state index in [2.05, 4.69) is 13.8 Å². The van der Waals surface area contributed by atoms with Gasteiger partial charge in [0.25, 0.3) is 0 Å². The number of ether oxygens (including phenoxy) is 1. The Bertz CT molecular complexity index is 527. The van der Waals surface area contributed by atoms with E-state index in [-0.39, 0.29) is 17.9 Å². The Morgan fingerprint density at radius 3 is 2.42 bits per heavy atom. The van der Waals surface area contributed by atoms with Gasteiger partial charge in [0.15, 0.2) is 0 Å². The highest BCUT2D eigenvalue weighted by Gasteiger charge is 2.30. The van der Waals surface area contributed by atoms with Gasteiger partial charge in [-0.15, -0.1) is 0 Å². The molecule has 0 bridgehead atoms. The highest BCUT2D eigenvalue weighted by molar-refractivity contribution is 5.94. The van der Waals surface area contributed by atoms with Gasteiger partial charge >= 0.3 is 0 Å². The van der Waals surface area contributed by atoms with E-state index in [9.17, 15) is 9.90 Å². The van der Waals surface area contributed by atoms with Gasteiger partial charge in [-0.2, -0.15) is 0 Å². The van der Waals surface area contributed by atoms with Gasteiger partial charge in [0.1, 0.15) is 0 Å². The number of nitrogens with zero attached hydrogens (tertiary/aromatic N) is 1. The number of aliphatic hydroxyl groups is 1. The van der Waals surface area contributed by atoms with E-state index in [1.807, 2.05) is 58.2 Å². The highest BCUT2D eigenvalue weighted by Crippen LogP contribution is 2.27. The van der Waals surface area contributed by atoms with Crippen molar-refractivity contribution < 1.29 is 14.6 Å². The molecular formula is C22H37NO3. The van der Waals surface area contributed by atoms with Crippen LogP contribution in [0, 0.1) is 11.8 Å². The molecule has 0 radical (unpaired) electrons. The predicted octanol–water partition coefficient (Wildman–Crippen LogP) is 4.66. The van der Waals surface area contributed by atoms with Crippen molar-refractivity contribution in [3.05, 3.63) is 30.3 Å². The minimum Gasteiger partial charge on any atom is -0.390 e. The molecular weight excluding hydrogens is 326 g/mol. The van der Waals surface area contributed by atoms with E-state index >= 15 is 0 Å². The summed E-state index contributed by atoms with van der Waals surface area (Å²) in [6.07, 6.45) is 3.80. The van der Waals surface area contributed by atoms with Crippen molar-refractivity contribution in [2.75, 3.05) is 18.6 Å². The number of benzene rings is 1. The fraction of sp³-hybridized carbons (Fsp3) is 0.682. The molecule has 3 atom stereocenters. The zero-order valence-corrected chi connectivity index (χ0v) is 17.4. The molecule has 1 aliphatic rings. The van der Waals surface area contributed by atoms with Crippen molar-refractivity contribution >= 4 is 11.6 Å². The van der Waals surface area contributed by atoms with Crippen molar-refractivity contribution in [2.45, 2.75) is 72.0 Å². The number of hydrogen-bond acceptors (Lipinski definition) is 3. The molecule has 0 saturated carbocycles. The summed E-state index contributed by atoms with van der Waals surface area (Å²) < 4.78 is 5.56. The number of anilines is 1. The number of para-hydroxylation sites is 1. The van der Waals surface area contributed by atoms with Crippen LogP contribution in [0.2, 0.25) is 0 Å². The lowest BCUT2D eigenvalue weighted by molar-refractivity contribution is -0.121. The zero-order valence-electron chi connectivity index (χ0n) is 17.4. The molecule has 1 aliphatic heterocycles. The number of hydrogen-bond donors (Lipinski definition) is 1. The second-order valence-corrected chi connectivity index (χ2v) is 8.12. The average Bonchev–Trinajstić information content (AvgIpc) is 2.59. The van der Waals surface area contributed by atoms with Crippen molar-refractivity contribution in [3.63, 3.8) is 0 Å². The molecule has 2 rings (SSSR count). The number of amides is 1. The molecule has 26 heavy (non-hydrogen) atoms. The summed E-state index contributed by atoms with van der Waals surface area (Å²) in [6.45, 7) is 11.0. The number of carbonyl (C=O) groups is 1. The standard InChI is InChI=1S/C12H17NO.C10H20O2/c1-4-10(2)12(14)13(3)11-8-6-5-7-9-11;1-8(2)6-9-7-10(3,11)4-5-12-9/h5-10H,4H2,1-3H3;8-9,11H,4-7H2,1-3H3. The summed E-state index contributed by atoms with van der Waals surface area (Å²) in [7, 11) is 1.82. The van der Waals surface area contributed by atoms with Crippen LogP contribution < -0.4 is 4.90 Å². The zero-order chi connectivity index (χ0) is 19.7. The largest absolute Gasteiger partial charge is 0.390 e. The number of carbonyl (C=O) groups excluding carboxylic acids is 1. The minimum atomic E-state index is -0.488. The fourth-order valence-corrected chi connectivity index (χ4v) is 3.06. The summed E-state index contributed by atoms with van der Waals surface area (Å²) in [4.78, 5) is 13.5. The van der Waals surface area contributed by atoms with Crippen LogP contribution in [0.5, 0.6) is 0 Å². The molecule has 3 unspecified atom stereocenters. The van der Waals surface area contributed by atoms with Gasteiger partial charge in [-0.1, -0.05) is 45.9 Å². The first-order valence-corrected chi connectivity index (χ1v) is 9.83.